The van der Waals surface area contributed by atoms with Gasteiger partial charge in [-0.3, -0.25) is 9.78 Å². The van der Waals surface area contributed by atoms with E-state index in [4.69, 9.17) is 11.6 Å². The van der Waals surface area contributed by atoms with E-state index in [1.807, 2.05) is 32.0 Å². The summed E-state index contributed by atoms with van der Waals surface area (Å²) in [7, 11) is 0. The summed E-state index contributed by atoms with van der Waals surface area (Å²) in [6.07, 6.45) is 1.69. The van der Waals surface area contributed by atoms with Gasteiger partial charge in [-0.1, -0.05) is 11.6 Å². The molecule has 3 aromatic rings. The third kappa shape index (κ3) is 2.64. The Hall–Kier alpha value is -1.91. The van der Waals surface area contributed by atoms with Crippen molar-refractivity contribution in [3.8, 4) is 0 Å². The van der Waals surface area contributed by atoms with Crippen LogP contribution in [-0.4, -0.2) is 10.9 Å². The Balaban J connectivity index is 1.98. The number of carbonyl (C=O) groups is 1. The number of thiophene rings is 1. The van der Waals surface area contributed by atoms with Gasteiger partial charge < -0.3 is 5.32 Å². The van der Waals surface area contributed by atoms with Crippen molar-refractivity contribution in [2.45, 2.75) is 13.8 Å². The minimum atomic E-state index is -0.108. The Bertz CT molecular complexity index is 822. The van der Waals surface area contributed by atoms with Crippen LogP contribution in [0.25, 0.3) is 10.9 Å². The number of nitrogens with one attached hydrogen (secondary N) is 1. The number of halogens is 1. The summed E-state index contributed by atoms with van der Waals surface area (Å²) in [5.74, 6) is -0.108. The average Bonchev–Trinajstić information content (AvgIpc) is 2.82. The van der Waals surface area contributed by atoms with E-state index < -0.39 is 0 Å². The van der Waals surface area contributed by atoms with E-state index in [1.54, 1.807) is 18.3 Å². The Labute approximate surface area is 131 Å². The van der Waals surface area contributed by atoms with Crippen molar-refractivity contribution < 1.29 is 4.79 Å². The van der Waals surface area contributed by atoms with Crippen LogP contribution in [0.3, 0.4) is 0 Å². The van der Waals surface area contributed by atoms with Crippen LogP contribution >= 0.6 is 22.9 Å². The Kier molecular flexibility index (Phi) is 3.66. The van der Waals surface area contributed by atoms with Crippen molar-refractivity contribution >= 4 is 45.4 Å². The van der Waals surface area contributed by atoms with Crippen molar-refractivity contribution in [3.63, 3.8) is 0 Å². The number of benzene rings is 1. The highest BCUT2D eigenvalue weighted by Crippen LogP contribution is 2.29. The number of aryl methyl sites for hydroxylation is 2. The first-order valence-corrected chi connectivity index (χ1v) is 7.67. The lowest BCUT2D eigenvalue weighted by Crippen LogP contribution is -2.10. The lowest BCUT2D eigenvalue weighted by molar-refractivity contribution is 0.103. The highest BCUT2D eigenvalue weighted by molar-refractivity contribution is 7.14. The first kappa shape index (κ1) is 14.0. The summed E-state index contributed by atoms with van der Waals surface area (Å²) in [6.45, 7) is 4.02. The van der Waals surface area contributed by atoms with Crippen LogP contribution < -0.4 is 5.32 Å². The lowest BCUT2D eigenvalue weighted by Gasteiger charge is -2.08. The van der Waals surface area contributed by atoms with Crippen molar-refractivity contribution in [1.82, 2.24) is 4.98 Å². The number of amides is 1. The molecule has 1 aromatic carbocycles. The summed E-state index contributed by atoms with van der Waals surface area (Å²) in [5.41, 5.74) is 2.54. The molecular formula is C16H13ClN2OS. The van der Waals surface area contributed by atoms with Crippen LogP contribution in [0.5, 0.6) is 0 Å². The molecule has 21 heavy (non-hydrogen) atoms. The van der Waals surface area contributed by atoms with Gasteiger partial charge in [0.05, 0.1) is 21.1 Å². The fraction of sp³-hybridized carbons (Fsp3) is 0.125. The van der Waals surface area contributed by atoms with Crippen molar-refractivity contribution in [2.24, 2.45) is 0 Å². The first-order valence-electron chi connectivity index (χ1n) is 6.48. The predicted octanol–water partition coefficient (Wildman–Crippen LogP) is 4.82. The lowest BCUT2D eigenvalue weighted by atomic mass is 10.1. The van der Waals surface area contributed by atoms with Crippen LogP contribution in [0.15, 0.2) is 36.5 Å². The molecular weight excluding hydrogens is 304 g/mol. The maximum absolute atomic E-state index is 12.4. The van der Waals surface area contributed by atoms with Crippen LogP contribution in [0.2, 0.25) is 5.02 Å². The molecule has 0 bridgehead atoms. The molecule has 5 heteroatoms. The van der Waals surface area contributed by atoms with E-state index in [-0.39, 0.29) is 5.91 Å². The quantitative estimate of drug-likeness (QED) is 0.736. The molecule has 0 saturated carbocycles. The third-order valence-corrected chi connectivity index (χ3v) is 4.81. The van der Waals surface area contributed by atoms with Crippen molar-refractivity contribution in [1.29, 1.82) is 0 Å². The number of hydrogen-bond acceptors (Lipinski definition) is 3. The zero-order chi connectivity index (χ0) is 15.0. The van der Waals surface area contributed by atoms with Crippen LogP contribution in [-0.2, 0) is 0 Å². The fourth-order valence-electron chi connectivity index (χ4n) is 2.12. The monoisotopic (exact) mass is 316 g/mol. The molecule has 0 aliphatic rings. The van der Waals surface area contributed by atoms with Gasteiger partial charge in [0.25, 0.3) is 5.91 Å². The minimum absolute atomic E-state index is 0.108. The Morgan fingerprint density at radius 3 is 2.81 bits per heavy atom. The number of hydrogen-bond donors (Lipinski definition) is 1. The first-order chi connectivity index (χ1) is 10.1. The van der Waals surface area contributed by atoms with Gasteiger partial charge in [-0.05, 0) is 49.7 Å². The SMILES string of the molecule is Cc1cc(C(=O)Nc2ccc(Cl)c3ncccc23)sc1C. The molecule has 0 atom stereocenters. The van der Waals surface area contributed by atoms with Crippen LogP contribution in [0.1, 0.15) is 20.1 Å². The van der Waals surface area contributed by atoms with Gasteiger partial charge in [-0.25, -0.2) is 0 Å². The van der Waals surface area contributed by atoms with Gasteiger partial charge in [0.1, 0.15) is 0 Å². The second kappa shape index (κ2) is 5.47. The van der Waals surface area contributed by atoms with Gasteiger partial charge in [-0.15, -0.1) is 11.3 Å². The molecule has 0 saturated heterocycles. The number of rotatable bonds is 2. The van der Waals surface area contributed by atoms with Crippen LogP contribution in [0, 0.1) is 13.8 Å². The molecule has 2 aromatic heterocycles. The number of aromatic nitrogens is 1. The van der Waals surface area contributed by atoms with E-state index in [9.17, 15) is 4.79 Å². The number of anilines is 1. The van der Waals surface area contributed by atoms with E-state index in [0.717, 1.165) is 21.5 Å². The maximum Gasteiger partial charge on any atom is 0.265 e. The zero-order valence-electron chi connectivity index (χ0n) is 11.6. The fourth-order valence-corrected chi connectivity index (χ4v) is 3.26. The van der Waals surface area contributed by atoms with E-state index in [1.165, 1.54) is 11.3 Å². The molecule has 0 unspecified atom stereocenters. The highest BCUT2D eigenvalue weighted by atomic mass is 35.5. The molecule has 0 spiro atoms. The normalized spacial score (nSPS) is 10.8. The Morgan fingerprint density at radius 1 is 1.29 bits per heavy atom. The number of fused-ring (bicyclic) bond motifs is 1. The zero-order valence-corrected chi connectivity index (χ0v) is 13.2. The molecule has 106 valence electrons. The topological polar surface area (TPSA) is 42.0 Å². The second-order valence-corrected chi connectivity index (χ2v) is 6.46. The number of pyridine rings is 1. The maximum atomic E-state index is 12.4. The third-order valence-electron chi connectivity index (χ3n) is 3.36. The molecule has 3 nitrogen and oxygen atoms in total. The van der Waals surface area contributed by atoms with Crippen LogP contribution in [0.4, 0.5) is 5.69 Å². The molecule has 2 heterocycles. The van der Waals surface area contributed by atoms with E-state index in [0.29, 0.717) is 15.4 Å². The summed E-state index contributed by atoms with van der Waals surface area (Å²) in [6, 6.07) is 9.18. The smallest absolute Gasteiger partial charge is 0.265 e. The van der Waals surface area contributed by atoms with E-state index in [2.05, 4.69) is 10.3 Å². The molecule has 1 amide bonds. The Morgan fingerprint density at radius 2 is 2.10 bits per heavy atom. The molecule has 1 N–H and O–H groups in total. The van der Waals surface area contributed by atoms with Gasteiger partial charge in [0, 0.05) is 16.5 Å². The van der Waals surface area contributed by atoms with Gasteiger partial charge in [0.15, 0.2) is 0 Å². The van der Waals surface area contributed by atoms with Crippen molar-refractivity contribution in [3.05, 3.63) is 56.9 Å². The summed E-state index contributed by atoms with van der Waals surface area (Å²) in [4.78, 5) is 18.5. The summed E-state index contributed by atoms with van der Waals surface area (Å²) >= 11 is 7.63. The van der Waals surface area contributed by atoms with Gasteiger partial charge >= 0.3 is 0 Å². The van der Waals surface area contributed by atoms with Gasteiger partial charge in [0.2, 0.25) is 0 Å². The minimum Gasteiger partial charge on any atom is -0.321 e. The summed E-state index contributed by atoms with van der Waals surface area (Å²) in [5, 5.41) is 4.35. The highest BCUT2D eigenvalue weighted by Gasteiger charge is 2.13. The van der Waals surface area contributed by atoms with Crippen molar-refractivity contribution in [2.75, 3.05) is 5.32 Å². The molecule has 0 aliphatic heterocycles. The number of nitrogens with zero attached hydrogens (tertiary/aromatic N) is 1. The summed E-state index contributed by atoms with van der Waals surface area (Å²) < 4.78 is 0. The average molecular weight is 317 g/mol. The molecule has 3 rings (SSSR count). The number of carbonyl (C=O) groups excluding carboxylic acids is 1. The largest absolute Gasteiger partial charge is 0.321 e. The molecule has 0 aliphatic carbocycles. The van der Waals surface area contributed by atoms with E-state index >= 15 is 0 Å². The standard InChI is InChI=1S/C16H13ClN2OS/c1-9-8-14(21-10(9)2)16(20)19-13-6-5-12(17)15-11(13)4-3-7-18-15/h3-8H,1-2H3,(H,19,20). The van der Waals surface area contributed by atoms with Gasteiger partial charge in [-0.2, -0.15) is 0 Å². The molecule has 0 fully saturated rings. The predicted molar refractivity (Wildman–Crippen MR) is 88.5 cm³/mol. The second-order valence-electron chi connectivity index (χ2n) is 4.80. The molecule has 0 radical (unpaired) electrons.